The second-order valence-corrected chi connectivity index (χ2v) is 6.91. The van der Waals surface area contributed by atoms with Crippen LogP contribution in [0.5, 0.6) is 0 Å². The number of nitrogens with one attached hydrogen (secondary N) is 2. The summed E-state index contributed by atoms with van der Waals surface area (Å²) in [4.78, 5) is 18.8. The Hall–Kier alpha value is -2.40. The lowest BCUT2D eigenvalue weighted by atomic mass is 10.0. The Kier molecular flexibility index (Phi) is 9.90. The summed E-state index contributed by atoms with van der Waals surface area (Å²) in [5.74, 6) is -1.41. The standard InChI is InChI=1S/C20H21F4N5O.2ClH/c21-13-5-3-11(4-6-13)12-8-15(20(22,23)24)17-16(9-12)28-18(29-17)19(30)27-10-14(26)2-1-7-25;;/h3-6,8-9,14H,1-2,7,10,25-26H2,(H,27,30)(H,28,29);2*1H/t14-;;/m0../s1. The fourth-order valence-corrected chi connectivity index (χ4v) is 3.04. The summed E-state index contributed by atoms with van der Waals surface area (Å²) in [5, 5.41) is 2.56. The molecule has 0 aliphatic rings. The summed E-state index contributed by atoms with van der Waals surface area (Å²) < 4.78 is 54.0. The number of H-pyrrole nitrogens is 1. The lowest BCUT2D eigenvalue weighted by Crippen LogP contribution is -2.37. The predicted molar refractivity (Wildman–Crippen MR) is 120 cm³/mol. The van der Waals surface area contributed by atoms with Gasteiger partial charge in [-0.2, -0.15) is 13.2 Å². The number of fused-ring (bicyclic) bond motifs is 1. The second-order valence-electron chi connectivity index (χ2n) is 6.91. The Morgan fingerprint density at radius 1 is 1.12 bits per heavy atom. The van der Waals surface area contributed by atoms with Gasteiger partial charge in [0.15, 0.2) is 5.82 Å². The average molecular weight is 496 g/mol. The third kappa shape index (κ3) is 6.55. The molecule has 12 heteroatoms. The topological polar surface area (TPSA) is 110 Å². The van der Waals surface area contributed by atoms with Crippen LogP contribution in [0.2, 0.25) is 0 Å². The minimum absolute atomic E-state index is 0. The van der Waals surface area contributed by atoms with E-state index in [1.165, 1.54) is 18.2 Å². The molecule has 0 saturated heterocycles. The number of rotatable bonds is 7. The molecule has 1 aromatic heterocycles. The van der Waals surface area contributed by atoms with Gasteiger partial charge in [0.2, 0.25) is 0 Å². The highest BCUT2D eigenvalue weighted by Gasteiger charge is 2.35. The van der Waals surface area contributed by atoms with E-state index in [1.807, 2.05) is 0 Å². The third-order valence-corrected chi connectivity index (χ3v) is 4.59. The van der Waals surface area contributed by atoms with Crippen LogP contribution in [0.25, 0.3) is 22.2 Å². The van der Waals surface area contributed by atoms with Crippen LogP contribution in [-0.2, 0) is 6.18 Å². The second kappa shape index (κ2) is 11.5. The number of imidazole rings is 1. The molecule has 32 heavy (non-hydrogen) atoms. The van der Waals surface area contributed by atoms with Gasteiger partial charge in [-0.3, -0.25) is 4.79 Å². The van der Waals surface area contributed by atoms with Gasteiger partial charge < -0.3 is 21.8 Å². The van der Waals surface area contributed by atoms with Gasteiger partial charge >= 0.3 is 6.18 Å². The molecule has 1 atom stereocenters. The molecule has 1 heterocycles. The largest absolute Gasteiger partial charge is 0.418 e. The van der Waals surface area contributed by atoms with Gasteiger partial charge in [0.05, 0.1) is 11.1 Å². The molecule has 1 amide bonds. The Bertz CT molecular complexity index is 1040. The van der Waals surface area contributed by atoms with Gasteiger partial charge in [0.1, 0.15) is 11.3 Å². The number of nitrogens with zero attached hydrogens (tertiary/aromatic N) is 1. The number of alkyl halides is 3. The van der Waals surface area contributed by atoms with Gasteiger partial charge in [-0.25, -0.2) is 9.37 Å². The Balaban J connectivity index is 0.00000256. The molecular formula is C20H23Cl2F4N5O. The van der Waals surface area contributed by atoms with E-state index in [4.69, 9.17) is 11.5 Å². The van der Waals surface area contributed by atoms with Crippen molar-refractivity contribution in [2.75, 3.05) is 13.1 Å². The molecule has 0 spiro atoms. The summed E-state index contributed by atoms with van der Waals surface area (Å²) in [7, 11) is 0. The number of aromatic nitrogens is 2. The van der Waals surface area contributed by atoms with Gasteiger partial charge in [0, 0.05) is 12.6 Å². The number of carbonyl (C=O) groups is 1. The van der Waals surface area contributed by atoms with E-state index in [0.717, 1.165) is 18.2 Å². The SMILES string of the molecule is Cl.Cl.NCCC[C@H](N)CNC(=O)c1nc2c(C(F)(F)F)cc(-c3ccc(F)cc3)cc2[nH]1. The quantitative estimate of drug-likeness (QED) is 0.371. The lowest BCUT2D eigenvalue weighted by Gasteiger charge is -2.11. The Morgan fingerprint density at radius 2 is 1.78 bits per heavy atom. The van der Waals surface area contributed by atoms with Crippen LogP contribution in [0.15, 0.2) is 36.4 Å². The first-order valence-electron chi connectivity index (χ1n) is 9.29. The molecule has 0 unspecified atom stereocenters. The molecule has 176 valence electrons. The molecule has 6 nitrogen and oxygen atoms in total. The number of hydrogen-bond acceptors (Lipinski definition) is 4. The number of aromatic amines is 1. The molecular weight excluding hydrogens is 473 g/mol. The lowest BCUT2D eigenvalue weighted by molar-refractivity contribution is -0.136. The van der Waals surface area contributed by atoms with Crippen LogP contribution >= 0.6 is 24.8 Å². The molecule has 0 saturated carbocycles. The minimum atomic E-state index is -4.69. The summed E-state index contributed by atoms with van der Waals surface area (Å²) in [5.41, 5.74) is 10.6. The first-order chi connectivity index (χ1) is 14.2. The smallest absolute Gasteiger partial charge is 0.348 e. The highest BCUT2D eigenvalue weighted by atomic mass is 35.5. The van der Waals surface area contributed by atoms with Crippen LogP contribution in [0.1, 0.15) is 29.0 Å². The first kappa shape index (κ1) is 27.6. The molecule has 0 radical (unpaired) electrons. The minimum Gasteiger partial charge on any atom is -0.348 e. The molecule has 0 aliphatic heterocycles. The zero-order valence-corrected chi connectivity index (χ0v) is 18.3. The molecule has 6 N–H and O–H groups in total. The summed E-state index contributed by atoms with van der Waals surface area (Å²) in [6.45, 7) is 0.616. The number of amides is 1. The van der Waals surface area contributed by atoms with E-state index in [-0.39, 0.29) is 59.8 Å². The van der Waals surface area contributed by atoms with Crippen molar-refractivity contribution in [2.24, 2.45) is 11.5 Å². The number of carbonyl (C=O) groups excluding carboxylic acids is 1. The van der Waals surface area contributed by atoms with Gasteiger partial charge in [-0.15, -0.1) is 24.8 Å². The van der Waals surface area contributed by atoms with Gasteiger partial charge in [-0.05, 0) is 54.8 Å². The van der Waals surface area contributed by atoms with E-state index >= 15 is 0 Å². The average Bonchev–Trinajstić information content (AvgIpc) is 3.13. The molecule has 3 aromatic rings. The van der Waals surface area contributed by atoms with Crippen molar-refractivity contribution >= 4 is 41.8 Å². The summed E-state index contributed by atoms with van der Waals surface area (Å²) >= 11 is 0. The fraction of sp³-hybridized carbons (Fsp3) is 0.300. The van der Waals surface area contributed by atoms with Gasteiger partial charge in [0.25, 0.3) is 5.91 Å². The van der Waals surface area contributed by atoms with Crippen molar-refractivity contribution in [3.63, 3.8) is 0 Å². The zero-order chi connectivity index (χ0) is 21.9. The molecule has 0 bridgehead atoms. The van der Waals surface area contributed by atoms with Crippen molar-refractivity contribution in [3.8, 4) is 11.1 Å². The fourth-order valence-electron chi connectivity index (χ4n) is 3.04. The van der Waals surface area contributed by atoms with E-state index in [1.54, 1.807) is 0 Å². The van der Waals surface area contributed by atoms with Crippen LogP contribution in [0.4, 0.5) is 17.6 Å². The van der Waals surface area contributed by atoms with Crippen molar-refractivity contribution in [3.05, 3.63) is 53.6 Å². The monoisotopic (exact) mass is 495 g/mol. The van der Waals surface area contributed by atoms with Crippen molar-refractivity contribution in [2.45, 2.75) is 25.1 Å². The molecule has 0 aliphatic carbocycles. The van der Waals surface area contributed by atoms with E-state index in [0.29, 0.717) is 24.9 Å². The molecule has 3 rings (SSSR count). The van der Waals surface area contributed by atoms with Crippen molar-refractivity contribution in [1.82, 2.24) is 15.3 Å². The molecule has 0 fully saturated rings. The number of halogens is 6. The Morgan fingerprint density at radius 3 is 2.38 bits per heavy atom. The van der Waals surface area contributed by atoms with Crippen LogP contribution < -0.4 is 16.8 Å². The van der Waals surface area contributed by atoms with E-state index < -0.39 is 23.5 Å². The number of benzene rings is 2. The van der Waals surface area contributed by atoms with Crippen LogP contribution in [0.3, 0.4) is 0 Å². The molecule has 2 aromatic carbocycles. The van der Waals surface area contributed by atoms with Crippen molar-refractivity contribution < 1.29 is 22.4 Å². The maximum Gasteiger partial charge on any atom is 0.418 e. The normalized spacial score (nSPS) is 12.1. The van der Waals surface area contributed by atoms with Crippen molar-refractivity contribution in [1.29, 1.82) is 0 Å². The highest BCUT2D eigenvalue weighted by molar-refractivity contribution is 5.96. The maximum atomic E-state index is 13.6. The highest BCUT2D eigenvalue weighted by Crippen LogP contribution is 2.37. The Labute approximate surface area is 194 Å². The van der Waals surface area contributed by atoms with E-state index in [9.17, 15) is 22.4 Å². The van der Waals surface area contributed by atoms with Crippen LogP contribution in [-0.4, -0.2) is 35.0 Å². The predicted octanol–water partition coefficient (Wildman–Crippen LogP) is 4.03. The number of nitrogens with two attached hydrogens (primary N) is 2. The summed E-state index contributed by atoms with van der Waals surface area (Å²) in [6.07, 6.45) is -3.39. The maximum absolute atomic E-state index is 13.6. The zero-order valence-electron chi connectivity index (χ0n) is 16.7. The van der Waals surface area contributed by atoms with Crippen LogP contribution in [0, 0.1) is 5.82 Å². The number of hydrogen-bond donors (Lipinski definition) is 4. The van der Waals surface area contributed by atoms with Gasteiger partial charge in [-0.1, -0.05) is 12.1 Å². The summed E-state index contributed by atoms with van der Waals surface area (Å²) in [6, 6.07) is 7.12. The van der Waals surface area contributed by atoms with E-state index in [2.05, 4.69) is 15.3 Å². The first-order valence-corrected chi connectivity index (χ1v) is 9.29. The third-order valence-electron chi connectivity index (χ3n) is 4.59.